The lowest BCUT2D eigenvalue weighted by molar-refractivity contribution is -0.0524. The maximum atomic E-state index is 12.7. The van der Waals surface area contributed by atoms with Crippen LogP contribution in [0.3, 0.4) is 0 Å². The van der Waals surface area contributed by atoms with Gasteiger partial charge in [0, 0.05) is 24.8 Å². The second-order valence-corrected chi connectivity index (χ2v) is 6.46. The van der Waals surface area contributed by atoms with Crippen molar-refractivity contribution in [2.75, 3.05) is 51.7 Å². The van der Waals surface area contributed by atoms with Crippen molar-refractivity contribution >= 4 is 11.7 Å². The van der Waals surface area contributed by atoms with Crippen molar-refractivity contribution in [1.29, 1.82) is 0 Å². The van der Waals surface area contributed by atoms with Crippen LogP contribution >= 0.6 is 0 Å². The fourth-order valence-electron chi connectivity index (χ4n) is 3.31. The van der Waals surface area contributed by atoms with Gasteiger partial charge in [-0.15, -0.1) is 0 Å². The lowest BCUT2D eigenvalue weighted by atomic mass is 10.0. The molecule has 2 aliphatic rings. The van der Waals surface area contributed by atoms with Crippen LogP contribution in [0.4, 0.5) is 5.82 Å². The topological polar surface area (TPSA) is 91.9 Å². The Kier molecular flexibility index (Phi) is 4.79. The number of carbonyl (C=O) groups excluding carboxylic acids is 1. The Morgan fingerprint density at radius 2 is 2.17 bits per heavy atom. The quantitative estimate of drug-likeness (QED) is 0.812. The number of nitrogens with zero attached hydrogens (tertiary/aromatic N) is 3. The second-order valence-electron chi connectivity index (χ2n) is 6.46. The van der Waals surface area contributed by atoms with Gasteiger partial charge in [0.05, 0.1) is 19.8 Å². The summed E-state index contributed by atoms with van der Waals surface area (Å²) in [6, 6.07) is 3.21. The lowest BCUT2D eigenvalue weighted by Gasteiger charge is -2.34. The third-order valence-corrected chi connectivity index (χ3v) is 4.39. The molecule has 126 valence electrons. The number of β-amino-alcohol motifs (C(OH)–C–C–N with tert-alkyl or cyclic N) is 1. The van der Waals surface area contributed by atoms with Gasteiger partial charge in [-0.05, 0) is 38.1 Å². The first-order valence-electron chi connectivity index (χ1n) is 8.09. The zero-order valence-electron chi connectivity index (χ0n) is 13.3. The third-order valence-electron chi connectivity index (χ3n) is 4.39. The standard InChI is InChI=1S/C16H24N4O3/c17-14-9-13(3-4-18-14)15(21)20-7-8-23-12-16(22,11-20)10-19-5-1-2-6-19/h3-4,9,22H,1-2,5-8,10-12H2,(H2,17,18). The van der Waals surface area contributed by atoms with Gasteiger partial charge in [-0.2, -0.15) is 0 Å². The van der Waals surface area contributed by atoms with E-state index in [1.165, 1.54) is 6.20 Å². The fourth-order valence-corrected chi connectivity index (χ4v) is 3.31. The van der Waals surface area contributed by atoms with E-state index in [0.29, 0.717) is 31.1 Å². The number of hydrogen-bond donors (Lipinski definition) is 2. The van der Waals surface area contributed by atoms with E-state index < -0.39 is 5.60 Å². The Labute approximate surface area is 136 Å². The van der Waals surface area contributed by atoms with Gasteiger partial charge in [0.25, 0.3) is 5.91 Å². The summed E-state index contributed by atoms with van der Waals surface area (Å²) in [5.74, 6) is 0.165. The summed E-state index contributed by atoms with van der Waals surface area (Å²) in [6.45, 7) is 3.94. The number of rotatable bonds is 3. The van der Waals surface area contributed by atoms with E-state index in [-0.39, 0.29) is 19.1 Å². The Morgan fingerprint density at radius 3 is 2.91 bits per heavy atom. The van der Waals surface area contributed by atoms with E-state index >= 15 is 0 Å². The lowest BCUT2D eigenvalue weighted by Crippen LogP contribution is -2.53. The van der Waals surface area contributed by atoms with Crippen molar-refractivity contribution in [1.82, 2.24) is 14.8 Å². The highest BCUT2D eigenvalue weighted by Crippen LogP contribution is 2.19. The largest absolute Gasteiger partial charge is 0.384 e. The van der Waals surface area contributed by atoms with E-state index in [1.807, 2.05) is 0 Å². The SMILES string of the molecule is Nc1cc(C(=O)N2CCOCC(O)(CN3CCCC3)C2)ccn1. The van der Waals surface area contributed by atoms with Crippen LogP contribution in [-0.2, 0) is 4.74 Å². The molecule has 23 heavy (non-hydrogen) atoms. The Balaban J connectivity index is 1.72. The van der Waals surface area contributed by atoms with Crippen molar-refractivity contribution in [2.24, 2.45) is 0 Å². The van der Waals surface area contributed by atoms with E-state index in [1.54, 1.807) is 17.0 Å². The van der Waals surface area contributed by atoms with Crippen LogP contribution in [0.25, 0.3) is 0 Å². The molecule has 3 rings (SSSR count). The molecule has 1 aromatic heterocycles. The van der Waals surface area contributed by atoms with Gasteiger partial charge >= 0.3 is 0 Å². The zero-order valence-corrected chi connectivity index (χ0v) is 13.3. The Bertz CT molecular complexity index is 562. The number of ether oxygens (including phenoxy) is 1. The maximum absolute atomic E-state index is 12.7. The molecular formula is C16H24N4O3. The third kappa shape index (κ3) is 3.99. The van der Waals surface area contributed by atoms with Crippen LogP contribution in [0.2, 0.25) is 0 Å². The molecule has 2 fully saturated rings. The summed E-state index contributed by atoms with van der Waals surface area (Å²) in [7, 11) is 0. The van der Waals surface area contributed by atoms with E-state index in [9.17, 15) is 9.90 Å². The number of anilines is 1. The minimum absolute atomic E-state index is 0.149. The molecule has 0 spiro atoms. The van der Waals surface area contributed by atoms with E-state index in [2.05, 4.69) is 9.88 Å². The molecule has 0 bridgehead atoms. The summed E-state index contributed by atoms with van der Waals surface area (Å²) in [5.41, 5.74) is 5.11. The molecule has 0 aliphatic carbocycles. The molecule has 7 nitrogen and oxygen atoms in total. The number of nitrogens with two attached hydrogens (primary N) is 1. The Morgan fingerprint density at radius 1 is 1.39 bits per heavy atom. The van der Waals surface area contributed by atoms with E-state index in [0.717, 1.165) is 25.9 Å². The summed E-state index contributed by atoms with van der Waals surface area (Å²) in [5, 5.41) is 10.9. The number of aliphatic hydroxyl groups is 1. The van der Waals surface area contributed by atoms with Crippen LogP contribution in [0.1, 0.15) is 23.2 Å². The number of pyridine rings is 1. The molecular weight excluding hydrogens is 296 g/mol. The summed E-state index contributed by atoms with van der Waals surface area (Å²) in [6.07, 6.45) is 3.85. The van der Waals surface area contributed by atoms with Crippen molar-refractivity contribution < 1.29 is 14.6 Å². The molecule has 1 atom stereocenters. The minimum Gasteiger partial charge on any atom is -0.384 e. The predicted molar refractivity (Wildman–Crippen MR) is 86.0 cm³/mol. The van der Waals surface area contributed by atoms with Gasteiger partial charge in [-0.25, -0.2) is 4.98 Å². The summed E-state index contributed by atoms with van der Waals surface area (Å²) >= 11 is 0. The first-order valence-corrected chi connectivity index (χ1v) is 8.09. The molecule has 1 amide bonds. The normalized spacial score (nSPS) is 26.2. The van der Waals surface area contributed by atoms with Gasteiger partial charge in [0.15, 0.2) is 0 Å². The molecule has 0 saturated carbocycles. The summed E-state index contributed by atoms with van der Waals surface area (Å²) < 4.78 is 5.55. The number of carbonyl (C=O) groups is 1. The predicted octanol–water partition coefficient (Wildman–Crippen LogP) is -0.0369. The average Bonchev–Trinajstić information content (AvgIpc) is 2.94. The van der Waals surface area contributed by atoms with Gasteiger partial charge in [-0.3, -0.25) is 4.79 Å². The van der Waals surface area contributed by atoms with Crippen molar-refractivity contribution in [2.45, 2.75) is 18.4 Å². The maximum Gasteiger partial charge on any atom is 0.254 e. The molecule has 2 aliphatic heterocycles. The number of nitrogen functional groups attached to an aromatic ring is 1. The highest BCUT2D eigenvalue weighted by atomic mass is 16.5. The molecule has 0 radical (unpaired) electrons. The van der Waals surface area contributed by atoms with Gasteiger partial charge < -0.3 is 25.4 Å². The van der Waals surface area contributed by atoms with Crippen LogP contribution in [0, 0.1) is 0 Å². The zero-order chi connectivity index (χ0) is 16.3. The number of aromatic nitrogens is 1. The van der Waals surface area contributed by atoms with Crippen LogP contribution in [-0.4, -0.2) is 77.3 Å². The van der Waals surface area contributed by atoms with Crippen molar-refractivity contribution in [3.05, 3.63) is 23.9 Å². The number of likely N-dealkylation sites (tertiary alicyclic amines) is 1. The van der Waals surface area contributed by atoms with Crippen molar-refractivity contribution in [3.8, 4) is 0 Å². The molecule has 1 aromatic rings. The fraction of sp³-hybridized carbons (Fsp3) is 0.625. The van der Waals surface area contributed by atoms with Crippen molar-refractivity contribution in [3.63, 3.8) is 0 Å². The molecule has 3 heterocycles. The first-order chi connectivity index (χ1) is 11.1. The van der Waals surface area contributed by atoms with Crippen LogP contribution in [0.15, 0.2) is 18.3 Å². The molecule has 1 unspecified atom stereocenters. The van der Waals surface area contributed by atoms with Crippen LogP contribution in [0.5, 0.6) is 0 Å². The highest BCUT2D eigenvalue weighted by Gasteiger charge is 2.36. The molecule has 7 heteroatoms. The first kappa shape index (κ1) is 16.2. The minimum atomic E-state index is -1.03. The molecule has 2 saturated heterocycles. The van der Waals surface area contributed by atoms with Crippen LogP contribution < -0.4 is 5.73 Å². The second kappa shape index (κ2) is 6.82. The van der Waals surface area contributed by atoms with Gasteiger partial charge in [0.1, 0.15) is 11.4 Å². The summed E-state index contributed by atoms with van der Waals surface area (Å²) in [4.78, 5) is 20.5. The highest BCUT2D eigenvalue weighted by molar-refractivity contribution is 5.94. The number of hydrogen-bond acceptors (Lipinski definition) is 6. The van der Waals surface area contributed by atoms with Gasteiger partial charge in [-0.1, -0.05) is 0 Å². The van der Waals surface area contributed by atoms with E-state index in [4.69, 9.17) is 10.5 Å². The monoisotopic (exact) mass is 320 g/mol. The molecule has 0 aromatic carbocycles. The average molecular weight is 320 g/mol. The molecule has 3 N–H and O–H groups in total. The number of amides is 1. The van der Waals surface area contributed by atoms with Gasteiger partial charge in [0.2, 0.25) is 0 Å². The Hall–Kier alpha value is -1.70. The smallest absolute Gasteiger partial charge is 0.254 e.